The second-order valence-electron chi connectivity index (χ2n) is 5.73. The van der Waals surface area contributed by atoms with Crippen LogP contribution in [0.4, 0.5) is 0 Å². The molecule has 2 N–H and O–H groups in total. The number of primary amides is 1. The fourth-order valence-electron chi connectivity index (χ4n) is 3.21. The van der Waals surface area contributed by atoms with E-state index in [1.165, 1.54) is 6.42 Å². The SMILES string of the molecule is NC(=O)C1C(C(=O)OC2CCCCC2)=Cc2ccccc21. The van der Waals surface area contributed by atoms with E-state index in [1.807, 2.05) is 24.3 Å². The first kappa shape index (κ1) is 13.9. The van der Waals surface area contributed by atoms with Crippen LogP contribution in [0, 0.1) is 0 Å². The van der Waals surface area contributed by atoms with Gasteiger partial charge in [-0.2, -0.15) is 0 Å². The lowest BCUT2D eigenvalue weighted by Gasteiger charge is -2.23. The second-order valence-corrected chi connectivity index (χ2v) is 5.73. The van der Waals surface area contributed by atoms with E-state index in [4.69, 9.17) is 10.5 Å². The number of benzene rings is 1. The number of carbonyl (C=O) groups excluding carboxylic acids is 2. The number of carbonyl (C=O) groups is 2. The molecule has 0 spiro atoms. The van der Waals surface area contributed by atoms with Crippen LogP contribution in [0.25, 0.3) is 6.08 Å². The summed E-state index contributed by atoms with van der Waals surface area (Å²) in [5.74, 6) is -1.59. The van der Waals surface area contributed by atoms with Crippen molar-refractivity contribution in [2.45, 2.75) is 44.1 Å². The smallest absolute Gasteiger partial charge is 0.335 e. The summed E-state index contributed by atoms with van der Waals surface area (Å²) in [6.45, 7) is 0. The summed E-state index contributed by atoms with van der Waals surface area (Å²) in [4.78, 5) is 24.1. The molecular formula is C17H19NO3. The van der Waals surface area contributed by atoms with Gasteiger partial charge in [0.1, 0.15) is 6.10 Å². The fourth-order valence-corrected chi connectivity index (χ4v) is 3.21. The quantitative estimate of drug-likeness (QED) is 0.868. The lowest BCUT2D eigenvalue weighted by molar-refractivity contribution is -0.146. The molecule has 2 aliphatic carbocycles. The van der Waals surface area contributed by atoms with Crippen LogP contribution in [0.2, 0.25) is 0 Å². The van der Waals surface area contributed by atoms with E-state index in [0.29, 0.717) is 5.57 Å². The summed E-state index contributed by atoms with van der Waals surface area (Å²) < 4.78 is 5.57. The van der Waals surface area contributed by atoms with Gasteiger partial charge in [0.05, 0.1) is 11.5 Å². The van der Waals surface area contributed by atoms with Gasteiger partial charge in [0.25, 0.3) is 0 Å². The summed E-state index contributed by atoms with van der Waals surface area (Å²) in [5, 5.41) is 0. The Bertz CT molecular complexity index is 600. The zero-order valence-corrected chi connectivity index (χ0v) is 11.9. The molecule has 1 unspecified atom stereocenters. The highest BCUT2D eigenvalue weighted by Gasteiger charge is 2.35. The number of rotatable bonds is 3. The molecular weight excluding hydrogens is 266 g/mol. The maximum absolute atomic E-state index is 12.4. The summed E-state index contributed by atoms with van der Waals surface area (Å²) in [6.07, 6.45) is 6.92. The predicted octanol–water partition coefficient (Wildman–Crippen LogP) is 2.53. The Morgan fingerprint density at radius 2 is 1.81 bits per heavy atom. The van der Waals surface area contributed by atoms with Crippen LogP contribution in [0.3, 0.4) is 0 Å². The Hall–Kier alpha value is -2.10. The summed E-state index contributed by atoms with van der Waals surface area (Å²) in [6, 6.07) is 7.44. The minimum atomic E-state index is -0.683. The van der Waals surface area contributed by atoms with E-state index in [-0.39, 0.29) is 6.10 Å². The van der Waals surface area contributed by atoms with Crippen LogP contribution >= 0.6 is 0 Å². The highest BCUT2D eigenvalue weighted by Crippen LogP contribution is 2.37. The van der Waals surface area contributed by atoms with Crippen molar-refractivity contribution in [3.63, 3.8) is 0 Å². The highest BCUT2D eigenvalue weighted by molar-refractivity contribution is 6.06. The molecule has 1 atom stereocenters. The van der Waals surface area contributed by atoms with Crippen molar-refractivity contribution in [1.82, 2.24) is 0 Å². The molecule has 4 nitrogen and oxygen atoms in total. The summed E-state index contributed by atoms with van der Waals surface area (Å²) in [7, 11) is 0. The van der Waals surface area contributed by atoms with Crippen LogP contribution < -0.4 is 5.73 Å². The minimum Gasteiger partial charge on any atom is -0.459 e. The average molecular weight is 285 g/mol. The third-order valence-corrected chi connectivity index (χ3v) is 4.28. The van der Waals surface area contributed by atoms with Gasteiger partial charge in [-0.25, -0.2) is 4.79 Å². The van der Waals surface area contributed by atoms with Gasteiger partial charge in [0.15, 0.2) is 0 Å². The first-order chi connectivity index (χ1) is 10.2. The standard InChI is InChI=1S/C17H19NO3/c18-16(19)15-13-9-5-4-6-11(13)10-14(15)17(20)21-12-7-2-1-3-8-12/h4-6,9-10,12,15H,1-3,7-8H2,(H2,18,19). The third-order valence-electron chi connectivity index (χ3n) is 4.28. The number of ether oxygens (including phenoxy) is 1. The van der Waals surface area contributed by atoms with E-state index in [1.54, 1.807) is 6.08 Å². The molecule has 1 aromatic rings. The largest absolute Gasteiger partial charge is 0.459 e. The molecule has 0 aliphatic heterocycles. The molecule has 1 aromatic carbocycles. The summed E-state index contributed by atoms with van der Waals surface area (Å²) >= 11 is 0. The van der Waals surface area contributed by atoms with Crippen LogP contribution in [0.1, 0.15) is 49.1 Å². The van der Waals surface area contributed by atoms with Crippen LogP contribution in [0.5, 0.6) is 0 Å². The number of nitrogens with two attached hydrogens (primary N) is 1. The molecule has 0 heterocycles. The third kappa shape index (κ3) is 2.71. The van der Waals surface area contributed by atoms with E-state index in [2.05, 4.69) is 0 Å². The summed E-state index contributed by atoms with van der Waals surface area (Å²) in [5.41, 5.74) is 7.52. The van der Waals surface area contributed by atoms with Crippen molar-refractivity contribution in [3.05, 3.63) is 41.0 Å². The average Bonchev–Trinajstić information content (AvgIpc) is 2.88. The van der Waals surface area contributed by atoms with Crippen LogP contribution in [-0.2, 0) is 14.3 Å². The van der Waals surface area contributed by atoms with Crippen LogP contribution in [-0.4, -0.2) is 18.0 Å². The van der Waals surface area contributed by atoms with Crippen LogP contribution in [0.15, 0.2) is 29.8 Å². The highest BCUT2D eigenvalue weighted by atomic mass is 16.5. The van der Waals surface area contributed by atoms with E-state index in [0.717, 1.165) is 36.8 Å². The molecule has 0 bridgehead atoms. The lowest BCUT2D eigenvalue weighted by atomic mass is 9.94. The van der Waals surface area contributed by atoms with E-state index in [9.17, 15) is 9.59 Å². The van der Waals surface area contributed by atoms with Gasteiger partial charge in [-0.15, -0.1) is 0 Å². The Labute approximate surface area is 124 Å². The Balaban J connectivity index is 1.81. The first-order valence-electron chi connectivity index (χ1n) is 7.47. The number of hydrogen-bond acceptors (Lipinski definition) is 3. The molecule has 0 saturated heterocycles. The molecule has 110 valence electrons. The molecule has 1 saturated carbocycles. The molecule has 1 amide bonds. The number of hydrogen-bond donors (Lipinski definition) is 1. The number of esters is 1. The van der Waals surface area contributed by atoms with Crippen molar-refractivity contribution in [2.75, 3.05) is 0 Å². The maximum Gasteiger partial charge on any atom is 0.335 e. The molecule has 3 rings (SSSR count). The van der Waals surface area contributed by atoms with Gasteiger partial charge in [-0.1, -0.05) is 30.7 Å². The van der Waals surface area contributed by atoms with Gasteiger partial charge in [0.2, 0.25) is 5.91 Å². The molecule has 4 heteroatoms. The number of fused-ring (bicyclic) bond motifs is 1. The second kappa shape index (κ2) is 5.72. The van der Waals surface area contributed by atoms with Crippen molar-refractivity contribution in [1.29, 1.82) is 0 Å². The van der Waals surface area contributed by atoms with Crippen molar-refractivity contribution in [3.8, 4) is 0 Å². The maximum atomic E-state index is 12.4. The number of amides is 1. The monoisotopic (exact) mass is 285 g/mol. The van der Waals surface area contributed by atoms with Crippen molar-refractivity contribution in [2.24, 2.45) is 5.73 Å². The van der Waals surface area contributed by atoms with Gasteiger partial charge < -0.3 is 10.5 Å². The van der Waals surface area contributed by atoms with Gasteiger partial charge in [-0.3, -0.25) is 4.79 Å². The first-order valence-corrected chi connectivity index (χ1v) is 7.47. The Morgan fingerprint density at radius 3 is 2.52 bits per heavy atom. The van der Waals surface area contributed by atoms with Gasteiger partial charge in [0, 0.05) is 0 Å². The van der Waals surface area contributed by atoms with Crippen molar-refractivity contribution < 1.29 is 14.3 Å². The molecule has 2 aliphatic rings. The molecule has 1 fully saturated rings. The lowest BCUT2D eigenvalue weighted by Crippen LogP contribution is -2.28. The van der Waals surface area contributed by atoms with Gasteiger partial charge >= 0.3 is 5.97 Å². The predicted molar refractivity (Wildman–Crippen MR) is 79.3 cm³/mol. The van der Waals surface area contributed by atoms with Gasteiger partial charge in [-0.05, 0) is 42.9 Å². The topological polar surface area (TPSA) is 69.4 Å². The molecule has 21 heavy (non-hydrogen) atoms. The van der Waals surface area contributed by atoms with E-state index < -0.39 is 17.8 Å². The van der Waals surface area contributed by atoms with Crippen molar-refractivity contribution >= 4 is 18.0 Å². The zero-order chi connectivity index (χ0) is 14.8. The normalized spacial score (nSPS) is 21.5. The molecule has 0 radical (unpaired) electrons. The molecule has 0 aromatic heterocycles. The fraction of sp³-hybridized carbons (Fsp3) is 0.412. The Kier molecular flexibility index (Phi) is 3.78. The minimum absolute atomic E-state index is 0.0237. The van der Waals surface area contributed by atoms with E-state index >= 15 is 0 Å². The zero-order valence-electron chi connectivity index (χ0n) is 11.9. The Morgan fingerprint density at radius 1 is 1.10 bits per heavy atom.